The number of carbonyl (C=O) groups excluding carboxylic acids is 1. The minimum atomic E-state index is -3.68. The third-order valence-corrected chi connectivity index (χ3v) is 8.21. The molecule has 1 aromatic heterocycles. The van der Waals surface area contributed by atoms with E-state index in [4.69, 9.17) is 4.42 Å². The average molecular weight is 450 g/mol. The van der Waals surface area contributed by atoms with Gasteiger partial charge in [-0.05, 0) is 43.2 Å². The van der Waals surface area contributed by atoms with Gasteiger partial charge in [-0.3, -0.25) is 9.36 Å². The lowest BCUT2D eigenvalue weighted by atomic mass is 9.94. The van der Waals surface area contributed by atoms with Crippen LogP contribution in [0.25, 0.3) is 11.1 Å². The fourth-order valence-electron chi connectivity index (χ4n) is 4.97. The van der Waals surface area contributed by atoms with Gasteiger partial charge in [0.2, 0.25) is 15.9 Å². The average Bonchev–Trinajstić information content (AvgIpc) is 3.02. The molecule has 2 atom stereocenters. The summed E-state index contributed by atoms with van der Waals surface area (Å²) in [6.45, 7) is 4.93. The van der Waals surface area contributed by atoms with Crippen molar-refractivity contribution in [1.29, 1.82) is 0 Å². The Kier molecular flexibility index (Phi) is 6.25. The van der Waals surface area contributed by atoms with Crippen molar-refractivity contribution in [3.63, 3.8) is 0 Å². The van der Waals surface area contributed by atoms with Crippen LogP contribution in [-0.4, -0.2) is 42.3 Å². The summed E-state index contributed by atoms with van der Waals surface area (Å²) >= 11 is 0. The van der Waals surface area contributed by atoms with Crippen molar-refractivity contribution >= 4 is 27.0 Å². The van der Waals surface area contributed by atoms with Crippen molar-refractivity contribution in [2.24, 2.45) is 11.8 Å². The van der Waals surface area contributed by atoms with Crippen LogP contribution in [0.3, 0.4) is 0 Å². The van der Waals surface area contributed by atoms with Gasteiger partial charge in [-0.1, -0.05) is 33.1 Å². The first-order valence-electron chi connectivity index (χ1n) is 11.2. The smallest absolute Gasteiger partial charge is 0.408 e. The van der Waals surface area contributed by atoms with Crippen molar-refractivity contribution in [2.45, 2.75) is 69.9 Å². The van der Waals surface area contributed by atoms with Crippen LogP contribution in [0, 0.1) is 11.8 Å². The van der Waals surface area contributed by atoms with Gasteiger partial charge in [-0.25, -0.2) is 13.2 Å². The van der Waals surface area contributed by atoms with Crippen molar-refractivity contribution in [2.75, 3.05) is 13.1 Å². The second kappa shape index (κ2) is 8.78. The van der Waals surface area contributed by atoms with E-state index in [0.717, 1.165) is 32.1 Å². The van der Waals surface area contributed by atoms with E-state index in [1.807, 2.05) is 0 Å². The summed E-state index contributed by atoms with van der Waals surface area (Å²) in [5.74, 6) is -0.304. The third-order valence-electron chi connectivity index (χ3n) is 6.38. The van der Waals surface area contributed by atoms with E-state index in [9.17, 15) is 18.0 Å². The molecule has 2 fully saturated rings. The number of benzene rings is 1. The van der Waals surface area contributed by atoms with E-state index in [-0.39, 0.29) is 29.0 Å². The number of fused-ring (bicyclic) bond motifs is 1. The SMILES string of the molecule is CC1CC(C)CN(S(=O)(=O)c2ccc3c(c2)oc(=O)n3CC(=O)NC2CCCCC2)C1. The van der Waals surface area contributed by atoms with Gasteiger partial charge in [0.1, 0.15) is 6.54 Å². The first kappa shape index (κ1) is 22.1. The molecule has 0 radical (unpaired) electrons. The molecular formula is C22H31N3O5S. The van der Waals surface area contributed by atoms with E-state index in [1.165, 1.54) is 27.4 Å². The summed E-state index contributed by atoms with van der Waals surface area (Å²) in [6.07, 6.45) is 6.32. The number of hydrogen-bond acceptors (Lipinski definition) is 5. The fraction of sp³-hybridized carbons (Fsp3) is 0.636. The molecule has 1 aromatic carbocycles. The van der Waals surface area contributed by atoms with Crippen molar-refractivity contribution in [3.8, 4) is 0 Å². The van der Waals surface area contributed by atoms with Gasteiger partial charge < -0.3 is 9.73 Å². The van der Waals surface area contributed by atoms with Gasteiger partial charge in [0.25, 0.3) is 0 Å². The van der Waals surface area contributed by atoms with Crippen molar-refractivity contribution in [3.05, 3.63) is 28.7 Å². The van der Waals surface area contributed by atoms with Gasteiger partial charge >= 0.3 is 5.76 Å². The molecule has 8 nitrogen and oxygen atoms in total. The number of aromatic nitrogens is 1. The van der Waals surface area contributed by atoms with Gasteiger partial charge in [0, 0.05) is 25.2 Å². The van der Waals surface area contributed by atoms with Crippen LogP contribution in [0.15, 0.2) is 32.3 Å². The zero-order valence-corrected chi connectivity index (χ0v) is 19.0. The Morgan fingerprint density at radius 3 is 2.48 bits per heavy atom. The van der Waals surface area contributed by atoms with E-state index in [0.29, 0.717) is 30.4 Å². The van der Waals surface area contributed by atoms with Crippen LogP contribution in [0.5, 0.6) is 0 Å². The molecule has 1 aliphatic carbocycles. The van der Waals surface area contributed by atoms with Crippen molar-refractivity contribution < 1.29 is 17.6 Å². The second-order valence-electron chi connectivity index (χ2n) is 9.25. The lowest BCUT2D eigenvalue weighted by Gasteiger charge is -2.34. The number of hydrogen-bond donors (Lipinski definition) is 1. The number of carbonyl (C=O) groups is 1. The number of amides is 1. The molecule has 0 bridgehead atoms. The molecule has 2 aliphatic rings. The fourth-order valence-corrected chi connectivity index (χ4v) is 6.67. The zero-order chi connectivity index (χ0) is 22.2. The van der Waals surface area contributed by atoms with Gasteiger partial charge in [-0.2, -0.15) is 4.31 Å². The first-order chi connectivity index (χ1) is 14.7. The van der Waals surface area contributed by atoms with Gasteiger partial charge in [0.05, 0.1) is 10.4 Å². The highest BCUT2D eigenvalue weighted by Crippen LogP contribution is 2.28. The number of nitrogens with zero attached hydrogens (tertiary/aromatic N) is 2. The summed E-state index contributed by atoms with van der Waals surface area (Å²) in [6, 6.07) is 4.59. The van der Waals surface area contributed by atoms with Crippen molar-refractivity contribution in [1.82, 2.24) is 14.2 Å². The molecule has 2 unspecified atom stereocenters. The molecule has 1 amide bonds. The summed E-state index contributed by atoms with van der Waals surface area (Å²) in [5.41, 5.74) is 0.595. The van der Waals surface area contributed by atoms with E-state index >= 15 is 0 Å². The van der Waals surface area contributed by atoms with Crippen LogP contribution < -0.4 is 11.1 Å². The maximum absolute atomic E-state index is 13.1. The Balaban J connectivity index is 1.55. The van der Waals surface area contributed by atoms with E-state index in [1.54, 1.807) is 6.07 Å². The summed E-state index contributed by atoms with van der Waals surface area (Å²) in [4.78, 5) is 24.9. The van der Waals surface area contributed by atoms with Crippen LogP contribution in [-0.2, 0) is 21.4 Å². The highest BCUT2D eigenvalue weighted by Gasteiger charge is 2.32. The molecule has 4 rings (SSSR count). The summed E-state index contributed by atoms with van der Waals surface area (Å²) < 4.78 is 34.4. The maximum atomic E-state index is 13.1. The van der Waals surface area contributed by atoms with Crippen LogP contribution in [0.2, 0.25) is 0 Å². The Morgan fingerprint density at radius 1 is 1.13 bits per heavy atom. The monoisotopic (exact) mass is 449 g/mol. The minimum Gasteiger partial charge on any atom is -0.408 e. The lowest BCUT2D eigenvalue weighted by Crippen LogP contribution is -2.42. The first-order valence-corrected chi connectivity index (χ1v) is 12.6. The largest absolute Gasteiger partial charge is 0.420 e. The molecule has 1 saturated heterocycles. The molecule has 170 valence electrons. The minimum absolute atomic E-state index is 0.105. The molecule has 1 saturated carbocycles. The Morgan fingerprint density at radius 2 is 1.81 bits per heavy atom. The van der Waals surface area contributed by atoms with Gasteiger partial charge in [0.15, 0.2) is 5.58 Å². The van der Waals surface area contributed by atoms with E-state index < -0.39 is 15.8 Å². The number of piperidine rings is 1. The molecule has 31 heavy (non-hydrogen) atoms. The Bertz CT molecular complexity index is 1100. The number of nitrogens with one attached hydrogen (secondary N) is 1. The Hall–Kier alpha value is -2.13. The summed E-state index contributed by atoms with van der Waals surface area (Å²) in [5, 5.41) is 2.99. The third kappa shape index (κ3) is 4.72. The number of rotatable bonds is 5. The molecule has 0 spiro atoms. The second-order valence-corrected chi connectivity index (χ2v) is 11.2. The highest BCUT2D eigenvalue weighted by atomic mass is 32.2. The predicted molar refractivity (Wildman–Crippen MR) is 117 cm³/mol. The Labute approximate surface area is 182 Å². The number of oxazole rings is 1. The standard InChI is InChI=1S/C22H31N3O5S/c1-15-10-16(2)13-24(12-15)31(28,29)18-8-9-19-20(11-18)30-22(27)25(19)14-21(26)23-17-6-4-3-5-7-17/h8-9,11,15-17H,3-7,10,12-14H2,1-2H3,(H,23,26). The van der Waals surface area contributed by atoms with Crippen LogP contribution in [0.4, 0.5) is 0 Å². The highest BCUT2D eigenvalue weighted by molar-refractivity contribution is 7.89. The molecular weight excluding hydrogens is 418 g/mol. The van der Waals surface area contributed by atoms with E-state index in [2.05, 4.69) is 19.2 Å². The molecule has 9 heteroatoms. The molecule has 2 heterocycles. The topological polar surface area (TPSA) is 102 Å². The predicted octanol–water partition coefficient (Wildman–Crippen LogP) is 2.71. The number of sulfonamides is 1. The normalized spacial score (nSPS) is 23.8. The van der Waals surface area contributed by atoms with Gasteiger partial charge in [-0.15, -0.1) is 0 Å². The molecule has 1 aliphatic heterocycles. The molecule has 2 aromatic rings. The van der Waals surface area contributed by atoms with Crippen LogP contribution >= 0.6 is 0 Å². The van der Waals surface area contributed by atoms with Crippen LogP contribution in [0.1, 0.15) is 52.4 Å². The lowest BCUT2D eigenvalue weighted by molar-refractivity contribution is -0.122. The maximum Gasteiger partial charge on any atom is 0.420 e. The quantitative estimate of drug-likeness (QED) is 0.756. The molecule has 1 N–H and O–H groups in total. The zero-order valence-electron chi connectivity index (χ0n) is 18.2. The summed E-state index contributed by atoms with van der Waals surface area (Å²) in [7, 11) is -3.68.